The number of benzene rings is 3. The molecule has 39 heavy (non-hydrogen) atoms. The van der Waals surface area contributed by atoms with Gasteiger partial charge in [0, 0.05) is 41.5 Å². The molecule has 5 rings (SSSR count). The van der Waals surface area contributed by atoms with E-state index in [1.54, 1.807) is 19.1 Å². The second kappa shape index (κ2) is 11.4. The summed E-state index contributed by atoms with van der Waals surface area (Å²) >= 11 is 0. The molecular weight excluding hydrogens is 496 g/mol. The molecule has 3 aromatic rings. The highest BCUT2D eigenvalue weighted by atomic mass is 16.6. The Morgan fingerprint density at radius 1 is 0.923 bits per heavy atom. The molecule has 8 nitrogen and oxygen atoms in total. The zero-order valence-electron chi connectivity index (χ0n) is 21.5. The fourth-order valence-electron chi connectivity index (χ4n) is 5.40. The molecule has 0 bridgehead atoms. The molecule has 0 aromatic heterocycles. The van der Waals surface area contributed by atoms with E-state index in [0.717, 1.165) is 5.56 Å². The van der Waals surface area contributed by atoms with E-state index in [2.05, 4.69) is 0 Å². The monoisotopic (exact) mass is 524 g/mol. The number of para-hydroxylation sites is 1. The van der Waals surface area contributed by atoms with Gasteiger partial charge in [0.2, 0.25) is 0 Å². The van der Waals surface area contributed by atoms with Crippen molar-refractivity contribution in [1.82, 2.24) is 0 Å². The molecule has 3 unspecified atom stereocenters. The summed E-state index contributed by atoms with van der Waals surface area (Å²) in [5, 5.41) is 11.3. The minimum atomic E-state index is -0.834. The first-order valence-corrected chi connectivity index (χ1v) is 12.9. The van der Waals surface area contributed by atoms with E-state index >= 15 is 0 Å². The van der Waals surface area contributed by atoms with Crippen molar-refractivity contribution >= 4 is 23.2 Å². The lowest BCUT2D eigenvalue weighted by Gasteiger charge is -2.36. The van der Waals surface area contributed by atoms with Crippen LogP contribution in [0.4, 0.5) is 5.69 Å². The number of Topliss-reactive ketones (excluding diaryl/α,β-unsaturated/α-hetero) is 1. The van der Waals surface area contributed by atoms with Crippen LogP contribution in [-0.2, 0) is 14.3 Å². The molecule has 1 aliphatic carbocycles. The first kappa shape index (κ1) is 26.0. The maximum atomic E-state index is 13.7. The predicted octanol–water partition coefficient (Wildman–Crippen LogP) is 5.79. The maximum absolute atomic E-state index is 13.7. The number of ether oxygens (including phenoxy) is 2. The van der Waals surface area contributed by atoms with Gasteiger partial charge in [0.1, 0.15) is 24.9 Å². The van der Waals surface area contributed by atoms with E-state index in [0.29, 0.717) is 41.1 Å². The Morgan fingerprint density at radius 3 is 2.26 bits per heavy atom. The molecule has 1 aliphatic heterocycles. The highest BCUT2D eigenvalue weighted by Gasteiger charge is 2.44. The Kier molecular flexibility index (Phi) is 7.63. The third-order valence-electron chi connectivity index (χ3n) is 7.22. The summed E-state index contributed by atoms with van der Waals surface area (Å²) in [6, 6.07) is 25.1. The van der Waals surface area contributed by atoms with E-state index in [9.17, 15) is 19.7 Å². The van der Waals surface area contributed by atoms with Crippen LogP contribution >= 0.6 is 0 Å². The van der Waals surface area contributed by atoms with Crippen LogP contribution in [0.1, 0.15) is 42.7 Å². The minimum absolute atomic E-state index is 0.00912. The zero-order valence-corrected chi connectivity index (χ0v) is 21.5. The van der Waals surface area contributed by atoms with Gasteiger partial charge in [0.05, 0.1) is 4.92 Å². The highest BCUT2D eigenvalue weighted by Crippen LogP contribution is 2.47. The van der Waals surface area contributed by atoms with Crippen LogP contribution in [0.15, 0.2) is 101 Å². The van der Waals surface area contributed by atoms with Gasteiger partial charge >= 0.3 is 5.97 Å². The van der Waals surface area contributed by atoms with Gasteiger partial charge < -0.3 is 9.47 Å². The summed E-state index contributed by atoms with van der Waals surface area (Å²) in [6.45, 7) is 1.97. The maximum Gasteiger partial charge on any atom is 0.315 e. The second-order valence-corrected chi connectivity index (χ2v) is 9.69. The van der Waals surface area contributed by atoms with Crippen molar-refractivity contribution in [3.63, 3.8) is 0 Å². The van der Waals surface area contributed by atoms with E-state index in [-0.39, 0.29) is 30.6 Å². The number of aliphatic imine (C=N–C) groups is 1. The molecule has 0 radical (unpaired) electrons. The van der Waals surface area contributed by atoms with Gasteiger partial charge in [-0.3, -0.25) is 24.7 Å². The quantitative estimate of drug-likeness (QED) is 0.160. The molecule has 198 valence electrons. The van der Waals surface area contributed by atoms with Crippen molar-refractivity contribution in [2.75, 3.05) is 13.2 Å². The fraction of sp³-hybridized carbons (Fsp3) is 0.258. The van der Waals surface area contributed by atoms with Crippen LogP contribution in [-0.4, -0.2) is 35.6 Å². The van der Waals surface area contributed by atoms with Gasteiger partial charge in [-0.2, -0.15) is 0 Å². The molecule has 0 spiro atoms. The molecule has 0 saturated heterocycles. The number of non-ortho nitro benzene ring substituents is 1. The topological polar surface area (TPSA) is 108 Å². The molecule has 0 N–H and O–H groups in total. The summed E-state index contributed by atoms with van der Waals surface area (Å²) in [4.78, 5) is 42.6. The number of nitrogens with zero attached hydrogens (tertiary/aromatic N) is 2. The van der Waals surface area contributed by atoms with Crippen molar-refractivity contribution in [3.8, 4) is 5.75 Å². The number of nitro groups is 1. The number of allylic oxidation sites excluding steroid dienone is 2. The van der Waals surface area contributed by atoms with Gasteiger partial charge in [-0.1, -0.05) is 60.7 Å². The lowest BCUT2D eigenvalue weighted by Crippen LogP contribution is -2.38. The van der Waals surface area contributed by atoms with Gasteiger partial charge in [-0.15, -0.1) is 0 Å². The summed E-state index contributed by atoms with van der Waals surface area (Å²) in [5.41, 5.74) is 3.34. The number of esters is 1. The molecule has 1 heterocycles. The van der Waals surface area contributed by atoms with Crippen LogP contribution in [0.5, 0.6) is 5.75 Å². The molecule has 0 saturated carbocycles. The fourth-order valence-corrected chi connectivity index (χ4v) is 5.40. The lowest BCUT2D eigenvalue weighted by molar-refractivity contribution is -0.384. The van der Waals surface area contributed by atoms with Crippen LogP contribution < -0.4 is 4.74 Å². The number of carbonyl (C=O) groups is 2. The SMILES string of the molecule is CC1=NC2=C(C(=O)CC(c3ccccc3)C2)C(c2ccc([N+](=O)[O-])cc2)C1C(=O)OCCOc1ccccc1. The Balaban J connectivity index is 1.43. The van der Waals surface area contributed by atoms with E-state index in [1.807, 2.05) is 60.7 Å². The Hall–Kier alpha value is -4.59. The van der Waals surface area contributed by atoms with Crippen LogP contribution in [0.2, 0.25) is 0 Å². The minimum Gasteiger partial charge on any atom is -0.490 e. The van der Waals surface area contributed by atoms with Crippen LogP contribution in [0, 0.1) is 16.0 Å². The van der Waals surface area contributed by atoms with E-state index in [1.165, 1.54) is 12.1 Å². The largest absolute Gasteiger partial charge is 0.490 e. The summed E-state index contributed by atoms with van der Waals surface area (Å²) < 4.78 is 11.2. The Morgan fingerprint density at radius 2 is 1.59 bits per heavy atom. The second-order valence-electron chi connectivity index (χ2n) is 9.69. The van der Waals surface area contributed by atoms with Gasteiger partial charge in [0.15, 0.2) is 5.78 Å². The number of carbonyl (C=O) groups excluding carboxylic acids is 2. The Bertz CT molecular complexity index is 1430. The van der Waals surface area contributed by atoms with Crippen molar-refractivity contribution in [1.29, 1.82) is 0 Å². The summed E-state index contributed by atoms with van der Waals surface area (Å²) in [7, 11) is 0. The average Bonchev–Trinajstić information content (AvgIpc) is 2.95. The number of hydrogen-bond acceptors (Lipinski definition) is 7. The van der Waals surface area contributed by atoms with Crippen LogP contribution in [0.3, 0.4) is 0 Å². The summed E-state index contributed by atoms with van der Waals surface area (Å²) in [6.07, 6.45) is 0.867. The lowest BCUT2D eigenvalue weighted by atomic mass is 9.69. The average molecular weight is 525 g/mol. The molecular formula is C31H28N2O6. The number of nitro benzene ring substituents is 1. The van der Waals surface area contributed by atoms with E-state index in [4.69, 9.17) is 14.5 Å². The predicted molar refractivity (Wildman–Crippen MR) is 146 cm³/mol. The smallest absolute Gasteiger partial charge is 0.315 e. The van der Waals surface area contributed by atoms with Crippen molar-refractivity contribution < 1.29 is 24.0 Å². The first-order valence-electron chi connectivity index (χ1n) is 12.9. The van der Waals surface area contributed by atoms with Crippen molar-refractivity contribution in [2.45, 2.75) is 31.6 Å². The highest BCUT2D eigenvalue weighted by molar-refractivity contribution is 6.09. The van der Waals surface area contributed by atoms with Crippen LogP contribution in [0.25, 0.3) is 0 Å². The molecule has 8 heteroatoms. The standard InChI is InChI=1S/C31H28N2O6/c1-20-28(31(35)39-17-16-38-25-10-6-3-7-11-25)29(22-12-14-24(15-13-22)33(36)37)30-26(32-20)18-23(19-27(30)34)21-8-4-2-5-9-21/h2-15,23,28-29H,16-19H2,1H3. The molecule has 0 fully saturated rings. The van der Waals surface area contributed by atoms with Gasteiger partial charge in [0.25, 0.3) is 5.69 Å². The molecule has 2 aliphatic rings. The summed E-state index contributed by atoms with van der Waals surface area (Å²) in [5.74, 6) is -1.41. The third kappa shape index (κ3) is 5.65. The number of ketones is 1. The molecule has 0 amide bonds. The Labute approximate surface area is 226 Å². The normalized spacial score (nSPS) is 20.6. The third-order valence-corrected chi connectivity index (χ3v) is 7.22. The molecule has 3 aromatic carbocycles. The number of rotatable bonds is 8. The van der Waals surface area contributed by atoms with E-state index < -0.39 is 22.7 Å². The van der Waals surface area contributed by atoms with Crippen molar-refractivity contribution in [3.05, 3.63) is 117 Å². The molecule has 3 atom stereocenters. The zero-order chi connectivity index (χ0) is 27.4. The van der Waals surface area contributed by atoms with Gasteiger partial charge in [-0.05, 0) is 42.5 Å². The van der Waals surface area contributed by atoms with Crippen molar-refractivity contribution in [2.24, 2.45) is 10.9 Å². The van der Waals surface area contributed by atoms with Gasteiger partial charge in [-0.25, -0.2) is 0 Å². The number of hydrogen-bond donors (Lipinski definition) is 0. The first-order chi connectivity index (χ1) is 18.9.